The smallest absolute Gasteiger partial charge is 0.319 e. The molecule has 528 valence electrons. The lowest BCUT2D eigenvalue weighted by Gasteiger charge is -2.34. The van der Waals surface area contributed by atoms with E-state index in [1.54, 1.807) is 0 Å². The van der Waals surface area contributed by atoms with Crippen molar-refractivity contribution in [3.8, 4) is 23.0 Å². The predicted molar refractivity (Wildman–Crippen MR) is 407 cm³/mol. The summed E-state index contributed by atoms with van der Waals surface area (Å²) >= 11 is 0. The fourth-order valence-corrected chi connectivity index (χ4v) is 13.4. The minimum Gasteiger partial charge on any atom is -0.492 e. The van der Waals surface area contributed by atoms with E-state index in [1.165, 1.54) is 0 Å². The first-order valence-electron chi connectivity index (χ1n) is 34.8. The molecule has 0 fully saturated rings. The van der Waals surface area contributed by atoms with Crippen molar-refractivity contribution in [2.45, 2.75) is 49.4 Å². The van der Waals surface area contributed by atoms with Gasteiger partial charge in [0.2, 0.25) is 0 Å². The van der Waals surface area contributed by atoms with Gasteiger partial charge in [0.25, 0.3) is 0 Å². The van der Waals surface area contributed by atoms with E-state index in [9.17, 15) is 19.2 Å². The van der Waals surface area contributed by atoms with Gasteiger partial charge in [0.1, 0.15) is 49.4 Å². The van der Waals surface area contributed by atoms with E-state index in [-0.39, 0.29) is 76.7 Å². The zero-order chi connectivity index (χ0) is 71.9. The second-order valence-corrected chi connectivity index (χ2v) is 26.1. The van der Waals surface area contributed by atoms with Crippen molar-refractivity contribution in [2.75, 3.05) is 73.9 Å². The van der Waals surface area contributed by atoms with Crippen LogP contribution in [0.4, 0.5) is 41.9 Å². The molecule has 4 aromatic heterocycles. The Balaban J connectivity index is 0.853. The topological polar surface area (TPSA) is 265 Å². The van der Waals surface area contributed by atoms with Crippen LogP contribution < -0.4 is 61.5 Å². The first kappa shape index (κ1) is 69.6. The molecule has 13 rings (SSSR count). The standard InChI is InChI=1S/C84H84N12O8/c1-81(57-25-33-65(34-26-57)101-53-49-85-77(97)89-61-17-9-5-10-18-61)69-41-43-71(93-69)82(2,58-27-35-66(36-28-58)102-54-50-86-78(98)90-62-19-11-6-12-20-62)73-45-47-75(95-73)84(4,60-31-39-68(40-32-60)104-56-52-88-80(100)92-64-23-15-8-16-24-64)76-48-46-74(96-76)83(3,72-44-42-70(81)94-72)59-29-37-67(38-30-59)103-55-51-87-79(99)91-63-21-13-7-14-22-63/h5-48,93-96H,49-56H2,1-4H3,(H2,85,89,97)(H2,86,90,98)(H2,87,91,99)(H2,88,92,100). The highest BCUT2D eigenvalue weighted by molar-refractivity contribution is 5.91. The number of rotatable bonds is 24. The van der Waals surface area contributed by atoms with Gasteiger partial charge >= 0.3 is 24.1 Å². The summed E-state index contributed by atoms with van der Waals surface area (Å²) in [6.45, 7) is 11.0. The lowest BCUT2D eigenvalue weighted by atomic mass is 9.76. The Morgan fingerprint density at radius 3 is 0.596 bits per heavy atom. The van der Waals surface area contributed by atoms with Gasteiger partial charge in [0, 0.05) is 68.3 Å². The molecule has 0 spiro atoms. The number of carbonyl (C=O) groups is 4. The summed E-state index contributed by atoms with van der Waals surface area (Å²) in [5.41, 5.74) is 10.5. The molecular formula is C84H84N12O8. The number of urea groups is 4. The molecule has 0 saturated heterocycles. The molecule has 0 aliphatic carbocycles. The van der Waals surface area contributed by atoms with Crippen molar-refractivity contribution in [2.24, 2.45) is 0 Å². The van der Waals surface area contributed by atoms with E-state index in [1.807, 2.05) is 170 Å². The highest BCUT2D eigenvalue weighted by Crippen LogP contribution is 2.48. The maximum Gasteiger partial charge on any atom is 0.319 e. The van der Waals surface area contributed by atoms with Crippen LogP contribution in [0.3, 0.4) is 0 Å². The quantitative estimate of drug-likeness (QED) is 0.0258. The molecule has 5 heterocycles. The second-order valence-electron chi connectivity index (χ2n) is 26.1. The van der Waals surface area contributed by atoms with Gasteiger partial charge in [-0.25, -0.2) is 19.2 Å². The van der Waals surface area contributed by atoms with Crippen molar-refractivity contribution < 1.29 is 38.1 Å². The van der Waals surface area contributed by atoms with E-state index in [2.05, 4.69) is 187 Å². The third kappa shape index (κ3) is 15.5. The third-order valence-corrected chi connectivity index (χ3v) is 19.5. The molecule has 1 aliphatic rings. The molecule has 8 aromatic carbocycles. The van der Waals surface area contributed by atoms with Crippen LogP contribution in [0.5, 0.6) is 23.0 Å². The Kier molecular flexibility index (Phi) is 21.0. The lowest BCUT2D eigenvalue weighted by Crippen LogP contribution is -2.32. The molecule has 0 radical (unpaired) electrons. The Morgan fingerprint density at radius 2 is 0.423 bits per heavy atom. The van der Waals surface area contributed by atoms with E-state index in [0.717, 1.165) is 67.8 Å². The summed E-state index contributed by atoms with van der Waals surface area (Å²) in [5, 5.41) is 23.0. The number of hydrogen-bond donors (Lipinski definition) is 12. The zero-order valence-electron chi connectivity index (χ0n) is 58.3. The minimum atomic E-state index is -0.859. The molecule has 12 aromatic rings. The minimum absolute atomic E-state index is 0.242. The Bertz CT molecular complexity index is 4140. The maximum atomic E-state index is 12.7. The molecule has 1 aliphatic heterocycles. The predicted octanol–water partition coefficient (Wildman–Crippen LogP) is 15.5. The van der Waals surface area contributed by atoms with Crippen LogP contribution >= 0.6 is 0 Å². The number of ether oxygens (including phenoxy) is 4. The first-order chi connectivity index (χ1) is 50.6. The highest BCUT2D eigenvalue weighted by Gasteiger charge is 2.44. The highest BCUT2D eigenvalue weighted by atomic mass is 16.5. The molecule has 20 heteroatoms. The summed E-state index contributed by atoms with van der Waals surface area (Å²) < 4.78 is 25.0. The fourth-order valence-electron chi connectivity index (χ4n) is 13.4. The van der Waals surface area contributed by atoms with E-state index in [0.29, 0.717) is 45.7 Å². The van der Waals surface area contributed by atoms with Gasteiger partial charge < -0.3 is 81.4 Å². The average molecular weight is 1390 g/mol. The number of hydrogen-bond acceptors (Lipinski definition) is 8. The average Bonchev–Trinajstić information content (AvgIpc) is 1.56. The van der Waals surface area contributed by atoms with Crippen LogP contribution in [0, 0.1) is 0 Å². The maximum absolute atomic E-state index is 12.7. The van der Waals surface area contributed by atoms with Crippen LogP contribution in [0.1, 0.15) is 95.5 Å². The number of fused-ring (bicyclic) bond motifs is 8. The molecule has 8 amide bonds. The Hall–Kier alpha value is -12.8. The summed E-state index contributed by atoms with van der Waals surface area (Å²) in [5.74, 6) is 2.56. The second kappa shape index (κ2) is 31.4. The van der Waals surface area contributed by atoms with Gasteiger partial charge in [-0.1, -0.05) is 121 Å². The van der Waals surface area contributed by atoms with Gasteiger partial charge in [0.15, 0.2) is 0 Å². The number of benzene rings is 8. The molecule has 104 heavy (non-hydrogen) atoms. The summed E-state index contributed by atoms with van der Waals surface area (Å²) in [6.07, 6.45) is 0. The molecule has 0 atom stereocenters. The number of aromatic amines is 4. The van der Waals surface area contributed by atoms with E-state index in [4.69, 9.17) is 18.9 Å². The fraction of sp³-hybridized carbons (Fsp3) is 0.190. The van der Waals surface area contributed by atoms with Gasteiger partial charge in [-0.15, -0.1) is 0 Å². The molecule has 8 bridgehead atoms. The molecule has 20 nitrogen and oxygen atoms in total. The number of nitrogens with one attached hydrogen (secondary N) is 12. The summed E-state index contributed by atoms with van der Waals surface area (Å²) in [6, 6.07) is 85.8. The van der Waals surface area contributed by atoms with E-state index < -0.39 is 21.7 Å². The third-order valence-electron chi connectivity index (χ3n) is 19.5. The van der Waals surface area contributed by atoms with Crippen molar-refractivity contribution >= 4 is 46.9 Å². The van der Waals surface area contributed by atoms with Crippen molar-refractivity contribution in [1.29, 1.82) is 0 Å². The van der Waals surface area contributed by atoms with Crippen LogP contribution in [-0.2, 0) is 21.7 Å². The number of carbonyl (C=O) groups excluding carboxylic acids is 4. The number of aromatic nitrogens is 4. The van der Waals surface area contributed by atoms with Crippen LogP contribution in [0.15, 0.2) is 267 Å². The van der Waals surface area contributed by atoms with Crippen molar-refractivity contribution in [3.63, 3.8) is 0 Å². The molecular weight excluding hydrogens is 1300 g/mol. The molecule has 12 N–H and O–H groups in total. The largest absolute Gasteiger partial charge is 0.492 e. The number of anilines is 4. The Labute approximate surface area is 604 Å². The summed E-state index contributed by atoms with van der Waals surface area (Å²) in [7, 11) is 0. The lowest BCUT2D eigenvalue weighted by molar-refractivity contribution is 0.246. The van der Waals surface area contributed by atoms with Gasteiger partial charge in [-0.2, -0.15) is 0 Å². The first-order valence-corrected chi connectivity index (χ1v) is 34.8. The summed E-state index contributed by atoms with van der Waals surface area (Å²) in [4.78, 5) is 67.2. The van der Waals surface area contributed by atoms with Crippen molar-refractivity contribution in [3.05, 3.63) is 335 Å². The molecule has 0 saturated carbocycles. The normalized spacial score (nSPS) is 17.3. The van der Waals surface area contributed by atoms with Crippen LogP contribution in [-0.4, -0.2) is 96.7 Å². The Morgan fingerprint density at radius 1 is 0.250 bits per heavy atom. The number of H-pyrrole nitrogens is 4. The zero-order valence-corrected chi connectivity index (χ0v) is 58.3. The van der Waals surface area contributed by atoms with Gasteiger partial charge in [-0.05, 0) is 196 Å². The van der Waals surface area contributed by atoms with E-state index >= 15 is 0 Å². The van der Waals surface area contributed by atoms with Gasteiger partial charge in [-0.3, -0.25) is 0 Å². The SMILES string of the molecule is CC1(c2ccc(OCCNC(=O)Nc3ccccc3)cc2)c2ccc([nH]2)C(C)(c2ccc(OCCNC(=O)Nc3ccccc3)cc2)c2ccc([nH]2)C(C)(c2ccc(OCCNC(=O)Nc3ccccc3)cc2)c2ccc([nH]2)C(C)(c2ccc(OCCNC(=O)Nc3ccccc3)cc2)c2ccc1[nH]2. The monoisotopic (exact) mass is 1390 g/mol. The number of para-hydroxylation sites is 4. The van der Waals surface area contributed by atoms with Crippen LogP contribution in [0.2, 0.25) is 0 Å². The molecule has 0 unspecified atom stereocenters. The van der Waals surface area contributed by atoms with Crippen molar-refractivity contribution in [1.82, 2.24) is 41.2 Å². The van der Waals surface area contributed by atoms with Crippen LogP contribution in [0.25, 0.3) is 0 Å². The van der Waals surface area contributed by atoms with Gasteiger partial charge in [0.05, 0.1) is 47.8 Å². The number of amides is 8.